The lowest BCUT2D eigenvalue weighted by molar-refractivity contribution is -0.116. The maximum absolute atomic E-state index is 11.6. The van der Waals surface area contributed by atoms with E-state index in [9.17, 15) is 4.79 Å². The van der Waals surface area contributed by atoms with Crippen molar-refractivity contribution in [2.24, 2.45) is 4.99 Å². The van der Waals surface area contributed by atoms with Gasteiger partial charge in [0.1, 0.15) is 0 Å². The van der Waals surface area contributed by atoms with Gasteiger partial charge in [0.2, 0.25) is 16.2 Å². The van der Waals surface area contributed by atoms with Crippen molar-refractivity contribution in [3.05, 3.63) is 34.9 Å². The van der Waals surface area contributed by atoms with Crippen LogP contribution >= 0.6 is 22.9 Å². The fraction of sp³-hybridized carbons (Fsp3) is 0.286. The number of hydrogen-bond acceptors (Lipinski definition) is 5. The minimum absolute atomic E-state index is 0.0466. The van der Waals surface area contributed by atoms with E-state index in [0.29, 0.717) is 21.7 Å². The molecule has 0 saturated heterocycles. The second kappa shape index (κ2) is 7.85. The van der Waals surface area contributed by atoms with E-state index in [-0.39, 0.29) is 5.91 Å². The fourth-order valence-electron chi connectivity index (χ4n) is 1.54. The van der Waals surface area contributed by atoms with Gasteiger partial charge in [0.05, 0.1) is 0 Å². The molecule has 1 heterocycles. The van der Waals surface area contributed by atoms with Gasteiger partial charge in [-0.15, -0.1) is 10.2 Å². The Balaban J connectivity index is 1.97. The second-order valence-corrected chi connectivity index (χ2v) is 5.68. The summed E-state index contributed by atoms with van der Waals surface area (Å²) in [5.74, 6) is -0.0466. The van der Waals surface area contributed by atoms with Crippen molar-refractivity contribution in [3.63, 3.8) is 0 Å². The predicted octanol–water partition coefficient (Wildman–Crippen LogP) is 4.07. The molecule has 0 fully saturated rings. The number of unbranched alkanes of at least 4 members (excludes halogenated alkanes) is 1. The summed E-state index contributed by atoms with van der Waals surface area (Å²) in [5.41, 5.74) is 0.808. The average molecular weight is 323 g/mol. The van der Waals surface area contributed by atoms with Crippen LogP contribution in [0.1, 0.15) is 31.7 Å². The number of benzene rings is 1. The minimum Gasteiger partial charge on any atom is -0.300 e. The Kier molecular flexibility index (Phi) is 5.83. The molecule has 0 aliphatic carbocycles. The molecular formula is C14H15ClN4OS. The summed E-state index contributed by atoms with van der Waals surface area (Å²) in [6.07, 6.45) is 3.97. The lowest BCUT2D eigenvalue weighted by Crippen LogP contribution is -2.10. The van der Waals surface area contributed by atoms with Crippen LogP contribution < -0.4 is 5.32 Å². The zero-order chi connectivity index (χ0) is 15.1. The molecule has 0 aliphatic heterocycles. The summed E-state index contributed by atoms with van der Waals surface area (Å²) in [7, 11) is 0. The standard InChI is InChI=1S/C14H15ClN4OS/c1-2-3-8-12(20)17-14-19-18-13(21-14)16-9-10-6-4-5-7-11(10)15/h4-7,9H,2-3,8H2,1H3,(H,17,19,20)/b16-9+. The number of carbonyl (C=O) groups is 1. The van der Waals surface area contributed by atoms with E-state index in [1.54, 1.807) is 12.3 Å². The summed E-state index contributed by atoms with van der Waals surface area (Å²) in [4.78, 5) is 15.8. The first-order valence-electron chi connectivity index (χ1n) is 6.61. The van der Waals surface area contributed by atoms with Crippen molar-refractivity contribution in [1.29, 1.82) is 0 Å². The van der Waals surface area contributed by atoms with Crippen LogP contribution in [0.2, 0.25) is 5.02 Å². The van der Waals surface area contributed by atoms with Crippen molar-refractivity contribution < 1.29 is 4.79 Å². The van der Waals surface area contributed by atoms with E-state index in [1.807, 2.05) is 25.1 Å². The highest BCUT2D eigenvalue weighted by Crippen LogP contribution is 2.23. The van der Waals surface area contributed by atoms with E-state index >= 15 is 0 Å². The van der Waals surface area contributed by atoms with Gasteiger partial charge in [-0.2, -0.15) is 0 Å². The summed E-state index contributed by atoms with van der Waals surface area (Å²) in [6, 6.07) is 7.39. The van der Waals surface area contributed by atoms with E-state index in [2.05, 4.69) is 20.5 Å². The molecule has 5 nitrogen and oxygen atoms in total. The molecule has 1 aromatic carbocycles. The van der Waals surface area contributed by atoms with E-state index in [0.717, 1.165) is 18.4 Å². The van der Waals surface area contributed by atoms with E-state index in [4.69, 9.17) is 11.6 Å². The number of nitrogens with one attached hydrogen (secondary N) is 1. The molecule has 0 saturated carbocycles. The van der Waals surface area contributed by atoms with Crippen molar-refractivity contribution in [2.45, 2.75) is 26.2 Å². The number of aromatic nitrogens is 2. The maximum Gasteiger partial charge on any atom is 0.233 e. The van der Waals surface area contributed by atoms with Gasteiger partial charge in [0, 0.05) is 23.2 Å². The van der Waals surface area contributed by atoms with Gasteiger partial charge in [-0.25, -0.2) is 4.99 Å². The Morgan fingerprint density at radius 1 is 1.43 bits per heavy atom. The summed E-state index contributed by atoms with van der Waals surface area (Å²) in [6.45, 7) is 2.04. The quantitative estimate of drug-likeness (QED) is 0.815. The zero-order valence-corrected chi connectivity index (χ0v) is 13.1. The molecule has 1 amide bonds. The minimum atomic E-state index is -0.0466. The number of anilines is 1. The van der Waals surface area contributed by atoms with Crippen LogP contribution in [0, 0.1) is 0 Å². The second-order valence-electron chi connectivity index (χ2n) is 4.32. The first kappa shape index (κ1) is 15.6. The van der Waals surface area contributed by atoms with Gasteiger partial charge in [-0.1, -0.05) is 54.5 Å². The van der Waals surface area contributed by atoms with Crippen molar-refractivity contribution in [1.82, 2.24) is 10.2 Å². The van der Waals surface area contributed by atoms with Crippen LogP contribution in [0.25, 0.3) is 0 Å². The molecule has 110 valence electrons. The monoisotopic (exact) mass is 322 g/mol. The predicted molar refractivity (Wildman–Crippen MR) is 86.8 cm³/mol. The number of hydrogen-bond donors (Lipinski definition) is 1. The highest BCUT2D eigenvalue weighted by Gasteiger charge is 2.07. The first-order valence-corrected chi connectivity index (χ1v) is 7.80. The third-order valence-electron chi connectivity index (χ3n) is 2.64. The normalized spacial score (nSPS) is 11.0. The van der Waals surface area contributed by atoms with Gasteiger partial charge in [0.25, 0.3) is 0 Å². The molecule has 1 N–H and O–H groups in total. The summed E-state index contributed by atoms with van der Waals surface area (Å²) < 4.78 is 0. The SMILES string of the molecule is CCCCC(=O)Nc1nnc(/N=C/c2ccccc2Cl)s1. The summed E-state index contributed by atoms with van der Waals surface area (Å²) in [5, 5.41) is 12.1. The van der Waals surface area contributed by atoms with Gasteiger partial charge in [0.15, 0.2) is 0 Å². The van der Waals surface area contributed by atoms with Crippen molar-refractivity contribution in [2.75, 3.05) is 5.32 Å². The fourth-order valence-corrected chi connectivity index (χ4v) is 2.33. The molecule has 0 unspecified atom stereocenters. The van der Waals surface area contributed by atoms with Crippen LogP contribution in [0.4, 0.5) is 10.3 Å². The topological polar surface area (TPSA) is 67.2 Å². The molecule has 7 heteroatoms. The third-order valence-corrected chi connectivity index (χ3v) is 3.73. The Bertz CT molecular complexity index is 641. The molecular weight excluding hydrogens is 308 g/mol. The largest absolute Gasteiger partial charge is 0.300 e. The van der Waals surface area contributed by atoms with Crippen LogP contribution in [0.5, 0.6) is 0 Å². The van der Waals surface area contributed by atoms with Crippen LogP contribution in [0.15, 0.2) is 29.3 Å². The highest BCUT2D eigenvalue weighted by molar-refractivity contribution is 7.18. The number of carbonyl (C=O) groups excluding carboxylic acids is 1. The van der Waals surface area contributed by atoms with Crippen molar-refractivity contribution >= 4 is 45.3 Å². The molecule has 0 bridgehead atoms. The van der Waals surface area contributed by atoms with Crippen molar-refractivity contribution in [3.8, 4) is 0 Å². The molecule has 1 aromatic heterocycles. The lowest BCUT2D eigenvalue weighted by atomic mass is 10.2. The van der Waals surface area contributed by atoms with Crippen LogP contribution in [-0.2, 0) is 4.79 Å². The smallest absolute Gasteiger partial charge is 0.233 e. The Morgan fingerprint density at radius 2 is 2.24 bits per heavy atom. The highest BCUT2D eigenvalue weighted by atomic mass is 35.5. The van der Waals surface area contributed by atoms with Crippen LogP contribution in [0.3, 0.4) is 0 Å². The third kappa shape index (κ3) is 4.91. The van der Waals surface area contributed by atoms with Gasteiger partial charge in [-0.3, -0.25) is 4.79 Å². The van der Waals surface area contributed by atoms with Gasteiger partial charge < -0.3 is 5.32 Å². The Morgan fingerprint density at radius 3 is 3.00 bits per heavy atom. The van der Waals surface area contributed by atoms with E-state index < -0.39 is 0 Å². The number of nitrogens with zero attached hydrogens (tertiary/aromatic N) is 3. The molecule has 0 spiro atoms. The molecule has 0 aliphatic rings. The maximum atomic E-state index is 11.6. The Labute approximate surface area is 132 Å². The van der Waals surface area contributed by atoms with Crippen LogP contribution in [-0.4, -0.2) is 22.3 Å². The number of aliphatic imine (C=N–C) groups is 1. The van der Waals surface area contributed by atoms with Gasteiger partial charge in [-0.05, 0) is 12.5 Å². The number of amides is 1. The molecule has 21 heavy (non-hydrogen) atoms. The zero-order valence-electron chi connectivity index (χ0n) is 11.5. The Hall–Kier alpha value is -1.79. The summed E-state index contributed by atoms with van der Waals surface area (Å²) >= 11 is 7.26. The first-order chi connectivity index (χ1) is 10.2. The molecule has 0 radical (unpaired) electrons. The lowest BCUT2D eigenvalue weighted by Gasteiger charge is -1.98. The average Bonchev–Trinajstić information content (AvgIpc) is 2.92. The number of halogens is 1. The molecule has 0 atom stereocenters. The number of rotatable bonds is 6. The molecule has 2 aromatic rings. The molecule has 2 rings (SSSR count). The van der Waals surface area contributed by atoms with E-state index in [1.165, 1.54) is 11.3 Å². The van der Waals surface area contributed by atoms with Gasteiger partial charge >= 0.3 is 0 Å².